The molecule has 0 aliphatic rings. The summed E-state index contributed by atoms with van der Waals surface area (Å²) in [7, 11) is 0. The van der Waals surface area contributed by atoms with E-state index in [1.165, 1.54) is 0 Å². The van der Waals surface area contributed by atoms with E-state index in [4.69, 9.17) is 0 Å². The van der Waals surface area contributed by atoms with Gasteiger partial charge in [0.2, 0.25) is 5.91 Å². The molecule has 0 aromatic heterocycles. The number of carbonyl (C=O) groups excluding carboxylic acids is 2. The topological polar surface area (TPSA) is 46.2 Å². The van der Waals surface area contributed by atoms with Crippen molar-refractivity contribution < 1.29 is 9.59 Å². The van der Waals surface area contributed by atoms with Crippen molar-refractivity contribution in [3.8, 4) is 0 Å². The predicted molar refractivity (Wildman–Crippen MR) is 46.6 cm³/mol. The Bertz CT molecular complexity index is 147. The summed E-state index contributed by atoms with van der Waals surface area (Å²) in [6.45, 7) is 3.70. The van der Waals surface area contributed by atoms with Crippen LogP contribution in [0.5, 0.6) is 0 Å². The van der Waals surface area contributed by atoms with Crippen LogP contribution in [0.3, 0.4) is 0 Å². The van der Waals surface area contributed by atoms with Gasteiger partial charge in [-0.1, -0.05) is 25.6 Å². The maximum Gasteiger partial charge on any atom is 0.285 e. The third-order valence-corrected chi connectivity index (χ3v) is 1.98. The fraction of sp³-hybridized carbons (Fsp3) is 0.714. The Morgan fingerprint density at radius 1 is 1.36 bits per heavy atom. The summed E-state index contributed by atoms with van der Waals surface area (Å²) in [5, 5.41) is 2.01. The van der Waals surface area contributed by atoms with Crippen LogP contribution in [0.25, 0.3) is 0 Å². The lowest BCUT2D eigenvalue weighted by Crippen LogP contribution is -2.26. The molecular weight excluding hydrogens is 162 g/mol. The molecule has 0 aromatic carbocycles. The fourth-order valence-corrected chi connectivity index (χ4v) is 1.01. The van der Waals surface area contributed by atoms with Crippen molar-refractivity contribution in [1.82, 2.24) is 5.32 Å². The Kier molecular flexibility index (Phi) is 5.93. The average Bonchev–Trinajstić information content (AvgIpc) is 2.00. The van der Waals surface area contributed by atoms with E-state index >= 15 is 0 Å². The quantitative estimate of drug-likeness (QED) is 0.711. The molecule has 0 atom stereocenters. The van der Waals surface area contributed by atoms with E-state index < -0.39 is 0 Å². The molecule has 2 amide bonds. The number of carbonyl (C=O) groups is 2. The molecule has 0 aromatic rings. The minimum Gasteiger partial charge on any atom is -0.287 e. The molecule has 0 rings (SSSR count). The Morgan fingerprint density at radius 2 is 2.00 bits per heavy atom. The van der Waals surface area contributed by atoms with Gasteiger partial charge in [-0.25, -0.2) is 0 Å². The van der Waals surface area contributed by atoms with Gasteiger partial charge >= 0.3 is 0 Å². The van der Waals surface area contributed by atoms with Crippen LogP contribution in [-0.2, 0) is 4.79 Å². The van der Waals surface area contributed by atoms with Gasteiger partial charge in [-0.15, -0.1) is 0 Å². The summed E-state index contributed by atoms with van der Waals surface area (Å²) in [4.78, 5) is 21.4. The highest BCUT2D eigenvalue weighted by Gasteiger charge is 2.04. The predicted octanol–water partition coefficient (Wildman–Crippen LogP) is 1.78. The molecule has 0 aliphatic heterocycles. The molecule has 0 aliphatic carbocycles. The second-order valence-corrected chi connectivity index (χ2v) is 3.11. The molecule has 0 spiro atoms. The molecule has 0 unspecified atom stereocenters. The SMILES string of the molecule is CCCSC(=O)NC(=O)CC. The zero-order valence-corrected chi connectivity index (χ0v) is 7.66. The van der Waals surface area contributed by atoms with Gasteiger partial charge in [0.25, 0.3) is 5.24 Å². The third-order valence-electron chi connectivity index (χ3n) is 1.000. The van der Waals surface area contributed by atoms with Crippen LogP contribution >= 0.6 is 11.8 Å². The van der Waals surface area contributed by atoms with Crippen LogP contribution in [0.1, 0.15) is 26.7 Å². The van der Waals surface area contributed by atoms with Crippen LogP contribution in [0, 0.1) is 0 Å². The first kappa shape index (κ1) is 10.5. The molecule has 0 saturated heterocycles. The van der Waals surface area contributed by atoms with Crippen molar-refractivity contribution in [3.63, 3.8) is 0 Å². The summed E-state index contributed by atoms with van der Waals surface area (Å²) in [5.41, 5.74) is 0. The first-order valence-electron chi connectivity index (χ1n) is 3.67. The number of thioether (sulfide) groups is 1. The van der Waals surface area contributed by atoms with E-state index in [0.29, 0.717) is 6.42 Å². The Hall–Kier alpha value is -0.510. The molecule has 0 fully saturated rings. The van der Waals surface area contributed by atoms with Crippen molar-refractivity contribution in [2.75, 3.05) is 5.75 Å². The normalized spacial score (nSPS) is 9.27. The molecule has 0 saturated carbocycles. The van der Waals surface area contributed by atoms with E-state index in [9.17, 15) is 9.59 Å². The lowest BCUT2D eigenvalue weighted by atomic mass is 10.5. The van der Waals surface area contributed by atoms with E-state index in [0.717, 1.165) is 23.9 Å². The monoisotopic (exact) mass is 175 g/mol. The lowest BCUT2D eigenvalue weighted by molar-refractivity contribution is -0.119. The summed E-state index contributed by atoms with van der Waals surface area (Å²) < 4.78 is 0. The highest BCUT2D eigenvalue weighted by molar-refractivity contribution is 8.13. The van der Waals surface area contributed by atoms with Gasteiger partial charge in [-0.05, 0) is 6.42 Å². The maximum absolute atomic E-state index is 10.8. The van der Waals surface area contributed by atoms with Crippen molar-refractivity contribution >= 4 is 22.9 Å². The van der Waals surface area contributed by atoms with Crippen LogP contribution < -0.4 is 5.32 Å². The number of nitrogens with one attached hydrogen (secondary N) is 1. The largest absolute Gasteiger partial charge is 0.287 e. The minimum atomic E-state index is -0.237. The van der Waals surface area contributed by atoms with Gasteiger partial charge in [-0.2, -0.15) is 0 Å². The Labute approximate surface area is 70.9 Å². The first-order valence-corrected chi connectivity index (χ1v) is 4.65. The highest BCUT2D eigenvalue weighted by atomic mass is 32.2. The molecule has 0 bridgehead atoms. The fourth-order valence-electron chi connectivity index (χ4n) is 0.433. The molecular formula is C7H13NO2S. The zero-order valence-electron chi connectivity index (χ0n) is 6.85. The second kappa shape index (κ2) is 6.22. The summed E-state index contributed by atoms with van der Waals surface area (Å²) in [6.07, 6.45) is 1.30. The molecule has 1 N–H and O–H groups in total. The van der Waals surface area contributed by atoms with Crippen molar-refractivity contribution in [2.45, 2.75) is 26.7 Å². The van der Waals surface area contributed by atoms with Crippen molar-refractivity contribution in [2.24, 2.45) is 0 Å². The van der Waals surface area contributed by atoms with E-state index in [-0.39, 0.29) is 11.1 Å². The van der Waals surface area contributed by atoms with Gasteiger partial charge in [0, 0.05) is 12.2 Å². The summed E-state index contributed by atoms with van der Waals surface area (Å²) in [6, 6.07) is 0. The Morgan fingerprint density at radius 3 is 2.45 bits per heavy atom. The van der Waals surface area contributed by atoms with E-state index in [2.05, 4.69) is 5.32 Å². The van der Waals surface area contributed by atoms with Gasteiger partial charge < -0.3 is 0 Å². The first-order chi connectivity index (χ1) is 5.20. The number of imide groups is 1. The van der Waals surface area contributed by atoms with E-state index in [1.54, 1.807) is 6.92 Å². The maximum atomic E-state index is 10.8. The van der Waals surface area contributed by atoms with E-state index in [1.807, 2.05) is 6.92 Å². The standard InChI is InChI=1S/C7H13NO2S/c1-3-5-11-7(10)8-6(9)4-2/h3-5H2,1-2H3,(H,8,9,10). The number of rotatable bonds is 3. The van der Waals surface area contributed by atoms with Gasteiger partial charge in [0.05, 0.1) is 0 Å². The molecule has 3 nitrogen and oxygen atoms in total. The average molecular weight is 175 g/mol. The number of amides is 2. The number of hydrogen-bond donors (Lipinski definition) is 1. The summed E-state index contributed by atoms with van der Waals surface area (Å²) in [5.74, 6) is 0.557. The molecule has 0 radical (unpaired) electrons. The van der Waals surface area contributed by atoms with Crippen LogP contribution in [0.15, 0.2) is 0 Å². The van der Waals surface area contributed by atoms with Crippen LogP contribution in [-0.4, -0.2) is 16.9 Å². The third kappa shape index (κ3) is 5.91. The Balaban J connectivity index is 3.44. The highest BCUT2D eigenvalue weighted by Crippen LogP contribution is 2.02. The van der Waals surface area contributed by atoms with Crippen molar-refractivity contribution in [3.05, 3.63) is 0 Å². The minimum absolute atomic E-state index is 0.210. The van der Waals surface area contributed by atoms with Gasteiger partial charge in [0.1, 0.15) is 0 Å². The van der Waals surface area contributed by atoms with Gasteiger partial charge in [-0.3, -0.25) is 14.9 Å². The lowest BCUT2D eigenvalue weighted by Gasteiger charge is -1.99. The smallest absolute Gasteiger partial charge is 0.285 e. The molecule has 0 heterocycles. The second-order valence-electron chi connectivity index (χ2n) is 2.04. The van der Waals surface area contributed by atoms with Gasteiger partial charge in [0.15, 0.2) is 0 Å². The zero-order chi connectivity index (χ0) is 8.69. The molecule has 64 valence electrons. The van der Waals surface area contributed by atoms with Crippen LogP contribution in [0.4, 0.5) is 4.79 Å². The molecule has 11 heavy (non-hydrogen) atoms. The van der Waals surface area contributed by atoms with Crippen molar-refractivity contribution in [1.29, 1.82) is 0 Å². The summed E-state index contributed by atoms with van der Waals surface area (Å²) >= 11 is 1.15. The molecule has 4 heteroatoms. The van der Waals surface area contributed by atoms with Crippen LogP contribution in [0.2, 0.25) is 0 Å². The number of hydrogen-bond acceptors (Lipinski definition) is 3.